The molecule has 6 nitrogen and oxygen atoms in total. The van der Waals surface area contributed by atoms with Crippen molar-refractivity contribution in [3.05, 3.63) is 40.6 Å². The second kappa shape index (κ2) is 7.21. The molecule has 2 aliphatic rings. The molecular weight excluding hydrogens is 371 g/mol. The van der Waals surface area contributed by atoms with E-state index in [1.165, 1.54) is 25.2 Å². The number of fused-ring (bicyclic) bond motifs is 5. The van der Waals surface area contributed by atoms with Gasteiger partial charge in [-0.25, -0.2) is 4.98 Å². The van der Waals surface area contributed by atoms with Gasteiger partial charge in [0.05, 0.1) is 12.3 Å². The Bertz CT molecular complexity index is 887. The molecule has 2 aliphatic heterocycles. The first-order valence-corrected chi connectivity index (χ1v) is 9.22. The normalized spacial score (nSPS) is 20.3. The van der Waals surface area contributed by atoms with Crippen molar-refractivity contribution in [1.82, 2.24) is 15.3 Å². The average Bonchev–Trinajstić information content (AvgIpc) is 3.22. The lowest BCUT2D eigenvalue weighted by molar-refractivity contribution is -0.137. The van der Waals surface area contributed by atoms with E-state index in [4.69, 9.17) is 4.74 Å². The molecule has 9 heteroatoms. The predicted octanol–water partition coefficient (Wildman–Crippen LogP) is 4.08. The zero-order valence-electron chi connectivity index (χ0n) is 15.7. The van der Waals surface area contributed by atoms with Crippen LogP contribution in [-0.4, -0.2) is 30.2 Å². The molecule has 4 rings (SSSR count). The lowest BCUT2D eigenvalue weighted by Gasteiger charge is -2.18. The zero-order valence-corrected chi connectivity index (χ0v) is 15.7. The van der Waals surface area contributed by atoms with Crippen molar-refractivity contribution in [2.75, 3.05) is 30.9 Å². The highest BCUT2D eigenvalue weighted by molar-refractivity contribution is 5.61. The fourth-order valence-corrected chi connectivity index (χ4v) is 4.00. The molecule has 1 fully saturated rings. The summed E-state index contributed by atoms with van der Waals surface area (Å²) in [6.45, 7) is 1.81. The van der Waals surface area contributed by atoms with Crippen LogP contribution in [0.4, 0.5) is 30.6 Å². The van der Waals surface area contributed by atoms with Gasteiger partial charge in [-0.3, -0.25) is 0 Å². The van der Waals surface area contributed by atoms with Crippen LogP contribution >= 0.6 is 0 Å². The van der Waals surface area contributed by atoms with Crippen LogP contribution in [-0.2, 0) is 10.9 Å². The van der Waals surface area contributed by atoms with Gasteiger partial charge < -0.3 is 20.7 Å². The van der Waals surface area contributed by atoms with E-state index in [2.05, 4.69) is 32.0 Å². The zero-order chi connectivity index (χ0) is 19.9. The molecule has 0 amide bonds. The molecule has 2 bridgehead atoms. The summed E-state index contributed by atoms with van der Waals surface area (Å²) < 4.78 is 45.2. The lowest BCUT2D eigenvalue weighted by Crippen LogP contribution is -2.18. The summed E-state index contributed by atoms with van der Waals surface area (Å²) in [6, 6.07) is 6.76. The number of nitrogens with zero attached hydrogens (tertiary/aromatic N) is 2. The van der Waals surface area contributed by atoms with E-state index < -0.39 is 11.7 Å². The van der Waals surface area contributed by atoms with Crippen LogP contribution in [0.5, 0.6) is 0 Å². The summed E-state index contributed by atoms with van der Waals surface area (Å²) in [6.07, 6.45) is -2.30. The highest BCUT2D eigenvalue weighted by Crippen LogP contribution is 2.45. The Hall–Kier alpha value is -2.39. The third-order valence-electron chi connectivity index (χ3n) is 5.21. The number of hydrogen-bond donors (Lipinski definition) is 3. The van der Waals surface area contributed by atoms with Gasteiger partial charge in [0.1, 0.15) is 11.4 Å². The maximum absolute atomic E-state index is 13.4. The SMILES string of the molecule is COCCNc1nc(Nc2ccc3c(c2)C2CCC3N2)nc(C)c1C(F)(F)F. The number of nitrogens with one attached hydrogen (secondary N) is 3. The largest absolute Gasteiger partial charge is 0.421 e. The number of ether oxygens (including phenoxy) is 1. The number of anilines is 3. The molecule has 1 aromatic carbocycles. The molecule has 2 unspecified atom stereocenters. The summed E-state index contributed by atoms with van der Waals surface area (Å²) in [4.78, 5) is 8.12. The van der Waals surface area contributed by atoms with Crippen LogP contribution in [0.15, 0.2) is 18.2 Å². The number of alkyl halides is 3. The molecular formula is C19H22F3N5O. The third-order valence-corrected chi connectivity index (χ3v) is 5.21. The Morgan fingerprint density at radius 1 is 1.18 bits per heavy atom. The van der Waals surface area contributed by atoms with Gasteiger partial charge in [-0.2, -0.15) is 18.2 Å². The Morgan fingerprint density at radius 2 is 1.93 bits per heavy atom. The van der Waals surface area contributed by atoms with E-state index in [1.54, 1.807) is 0 Å². The number of aryl methyl sites for hydroxylation is 1. The van der Waals surface area contributed by atoms with Crippen molar-refractivity contribution in [2.24, 2.45) is 0 Å². The first kappa shape index (κ1) is 18.9. The van der Waals surface area contributed by atoms with E-state index in [0.29, 0.717) is 12.1 Å². The molecule has 1 aromatic heterocycles. The smallest absolute Gasteiger partial charge is 0.383 e. The third kappa shape index (κ3) is 3.51. The van der Waals surface area contributed by atoms with Crippen molar-refractivity contribution < 1.29 is 17.9 Å². The second-order valence-corrected chi connectivity index (χ2v) is 7.09. The Kier molecular flexibility index (Phi) is 4.88. The van der Waals surface area contributed by atoms with Crippen LogP contribution in [0.1, 0.15) is 47.3 Å². The van der Waals surface area contributed by atoms with Crippen LogP contribution in [0.3, 0.4) is 0 Å². The van der Waals surface area contributed by atoms with Crippen LogP contribution in [0, 0.1) is 6.92 Å². The van der Waals surface area contributed by atoms with E-state index in [9.17, 15) is 13.2 Å². The van der Waals surface area contributed by atoms with Gasteiger partial charge in [0.2, 0.25) is 5.95 Å². The fraction of sp³-hybridized carbons (Fsp3) is 0.474. The minimum absolute atomic E-state index is 0.126. The number of benzene rings is 1. The first-order valence-electron chi connectivity index (χ1n) is 9.22. The maximum atomic E-state index is 13.4. The van der Waals surface area contributed by atoms with Gasteiger partial charge in [-0.1, -0.05) is 6.07 Å². The van der Waals surface area contributed by atoms with Crippen molar-refractivity contribution in [1.29, 1.82) is 0 Å². The summed E-state index contributed by atoms with van der Waals surface area (Å²) in [5, 5.41) is 9.31. The molecule has 0 aliphatic carbocycles. The van der Waals surface area contributed by atoms with E-state index in [0.717, 1.165) is 18.5 Å². The van der Waals surface area contributed by atoms with E-state index >= 15 is 0 Å². The molecule has 3 heterocycles. The second-order valence-electron chi connectivity index (χ2n) is 7.09. The van der Waals surface area contributed by atoms with Gasteiger partial charge in [0, 0.05) is 31.4 Å². The molecule has 2 atom stereocenters. The fourth-order valence-electron chi connectivity index (χ4n) is 4.00. The molecule has 0 radical (unpaired) electrons. The Morgan fingerprint density at radius 3 is 2.64 bits per heavy atom. The summed E-state index contributed by atoms with van der Waals surface area (Å²) >= 11 is 0. The highest BCUT2D eigenvalue weighted by atomic mass is 19.4. The molecule has 0 spiro atoms. The quantitative estimate of drug-likeness (QED) is 0.643. The molecule has 150 valence electrons. The minimum atomic E-state index is -4.55. The van der Waals surface area contributed by atoms with Crippen LogP contribution in [0.2, 0.25) is 0 Å². The number of halogens is 3. The number of aromatic nitrogens is 2. The van der Waals surface area contributed by atoms with Crippen molar-refractivity contribution in [2.45, 2.75) is 38.0 Å². The van der Waals surface area contributed by atoms with Gasteiger partial charge in [-0.05, 0) is 43.0 Å². The average molecular weight is 393 g/mol. The Balaban J connectivity index is 1.62. The summed E-state index contributed by atoms with van der Waals surface area (Å²) in [5.41, 5.74) is 2.31. The van der Waals surface area contributed by atoms with E-state index in [1.807, 2.05) is 12.1 Å². The first-order chi connectivity index (χ1) is 13.4. The van der Waals surface area contributed by atoms with Crippen LogP contribution < -0.4 is 16.0 Å². The van der Waals surface area contributed by atoms with Gasteiger partial charge in [-0.15, -0.1) is 0 Å². The number of methoxy groups -OCH3 is 1. The van der Waals surface area contributed by atoms with Gasteiger partial charge >= 0.3 is 6.18 Å². The summed E-state index contributed by atoms with van der Waals surface area (Å²) in [7, 11) is 1.49. The number of rotatable bonds is 6. The summed E-state index contributed by atoms with van der Waals surface area (Å²) in [5.74, 6) is -0.122. The van der Waals surface area contributed by atoms with Crippen molar-refractivity contribution >= 4 is 17.5 Å². The highest BCUT2D eigenvalue weighted by Gasteiger charge is 2.38. The standard InChI is InChI=1S/C19H22F3N5O/c1-10-16(19(20,21)22)17(23-7-8-28-2)27-18(24-10)25-11-3-4-12-13(9-11)15-6-5-14(12)26-15/h3-4,9,14-15,26H,5-8H2,1-2H3,(H2,23,24,25,27). The lowest BCUT2D eigenvalue weighted by atomic mass is 9.91. The molecule has 0 saturated carbocycles. The molecule has 1 saturated heterocycles. The van der Waals surface area contributed by atoms with Crippen molar-refractivity contribution in [3.8, 4) is 0 Å². The van der Waals surface area contributed by atoms with Crippen molar-refractivity contribution in [3.63, 3.8) is 0 Å². The number of hydrogen-bond acceptors (Lipinski definition) is 6. The maximum Gasteiger partial charge on any atom is 0.421 e. The van der Waals surface area contributed by atoms with Crippen LogP contribution in [0.25, 0.3) is 0 Å². The Labute approximate surface area is 160 Å². The minimum Gasteiger partial charge on any atom is -0.383 e. The van der Waals surface area contributed by atoms with E-state index in [-0.39, 0.29) is 30.6 Å². The molecule has 28 heavy (non-hydrogen) atoms. The topological polar surface area (TPSA) is 71.1 Å². The predicted molar refractivity (Wildman–Crippen MR) is 99.7 cm³/mol. The van der Waals surface area contributed by atoms with Gasteiger partial charge in [0.15, 0.2) is 0 Å². The van der Waals surface area contributed by atoms with Gasteiger partial charge in [0.25, 0.3) is 0 Å². The molecule has 3 N–H and O–H groups in total. The molecule has 2 aromatic rings. The monoisotopic (exact) mass is 393 g/mol.